The Morgan fingerprint density at radius 1 is 1.10 bits per heavy atom. The van der Waals surface area contributed by atoms with Crippen molar-refractivity contribution < 1.29 is 14.4 Å². The summed E-state index contributed by atoms with van der Waals surface area (Å²) in [4.78, 5) is 15.1. The topological polar surface area (TPSA) is 76.2 Å². The Hall–Kier alpha value is -2.66. The van der Waals surface area contributed by atoms with Crippen LogP contribution in [0.2, 0.25) is 5.02 Å². The molecule has 0 unspecified atom stereocenters. The summed E-state index contributed by atoms with van der Waals surface area (Å²) in [5, 5.41) is 13.3. The van der Waals surface area contributed by atoms with Gasteiger partial charge in [-0.15, -0.1) is 0 Å². The van der Waals surface area contributed by atoms with E-state index in [1.165, 1.54) is 12.1 Å². The zero-order valence-electron chi connectivity index (χ0n) is 10.7. The summed E-state index contributed by atoms with van der Waals surface area (Å²) in [5.74, 6) is -0.288. The van der Waals surface area contributed by atoms with Crippen molar-refractivity contribution in [1.82, 2.24) is 10.1 Å². The van der Waals surface area contributed by atoms with Crippen LogP contribution in [0.5, 0.6) is 0 Å². The molecule has 3 rings (SSSR count). The number of carboxylic acid groups (broad SMARTS) is 1. The minimum absolute atomic E-state index is 0.199. The fourth-order valence-corrected chi connectivity index (χ4v) is 2.07. The van der Waals surface area contributed by atoms with Gasteiger partial charge < -0.3 is 9.63 Å². The molecule has 0 aliphatic heterocycles. The zero-order valence-corrected chi connectivity index (χ0v) is 11.4. The number of halogens is 1. The van der Waals surface area contributed by atoms with E-state index in [0.29, 0.717) is 27.9 Å². The van der Waals surface area contributed by atoms with Gasteiger partial charge in [-0.3, -0.25) is 0 Å². The second kappa shape index (κ2) is 5.38. The van der Waals surface area contributed by atoms with Crippen LogP contribution in [0.25, 0.3) is 22.8 Å². The highest BCUT2D eigenvalue weighted by Crippen LogP contribution is 2.27. The van der Waals surface area contributed by atoms with E-state index in [1.54, 1.807) is 24.3 Å². The highest BCUT2D eigenvalue weighted by Gasteiger charge is 2.13. The van der Waals surface area contributed by atoms with Gasteiger partial charge in [0.05, 0.1) is 10.6 Å². The average Bonchev–Trinajstić information content (AvgIpc) is 2.97. The molecule has 0 aliphatic carbocycles. The standard InChI is InChI=1S/C15H9ClN2O3/c16-12-4-2-1-3-11(12)13-17-14(21-18-13)9-5-7-10(8-6-9)15(19)20/h1-8H,(H,19,20). The van der Waals surface area contributed by atoms with Gasteiger partial charge in [0.1, 0.15) is 0 Å². The number of aromatic nitrogens is 2. The van der Waals surface area contributed by atoms with Crippen LogP contribution in [0.15, 0.2) is 53.1 Å². The summed E-state index contributed by atoms with van der Waals surface area (Å²) in [7, 11) is 0. The SMILES string of the molecule is O=C(O)c1ccc(-c2nc(-c3ccccc3Cl)no2)cc1. The third-order valence-electron chi connectivity index (χ3n) is 2.92. The molecule has 1 heterocycles. The molecule has 0 fully saturated rings. The molecule has 1 aromatic heterocycles. The fourth-order valence-electron chi connectivity index (χ4n) is 1.85. The lowest BCUT2D eigenvalue weighted by atomic mass is 10.1. The number of nitrogens with zero attached hydrogens (tertiary/aromatic N) is 2. The second-order valence-corrected chi connectivity index (χ2v) is 4.69. The maximum Gasteiger partial charge on any atom is 0.335 e. The Morgan fingerprint density at radius 2 is 1.81 bits per heavy atom. The molecule has 0 bridgehead atoms. The largest absolute Gasteiger partial charge is 0.478 e. The number of carbonyl (C=O) groups is 1. The molecule has 0 radical (unpaired) electrons. The lowest BCUT2D eigenvalue weighted by Crippen LogP contribution is -1.94. The molecule has 104 valence electrons. The van der Waals surface area contributed by atoms with Gasteiger partial charge in [-0.05, 0) is 36.4 Å². The molecule has 5 nitrogen and oxygen atoms in total. The van der Waals surface area contributed by atoms with Crippen LogP contribution < -0.4 is 0 Å². The predicted octanol–water partition coefficient (Wildman–Crippen LogP) is 3.76. The lowest BCUT2D eigenvalue weighted by molar-refractivity contribution is 0.0697. The van der Waals surface area contributed by atoms with E-state index < -0.39 is 5.97 Å². The number of rotatable bonds is 3. The molecular weight excluding hydrogens is 292 g/mol. The van der Waals surface area contributed by atoms with Gasteiger partial charge in [0, 0.05) is 11.1 Å². The Balaban J connectivity index is 1.95. The van der Waals surface area contributed by atoms with Crippen LogP contribution in [-0.4, -0.2) is 21.2 Å². The van der Waals surface area contributed by atoms with Gasteiger partial charge >= 0.3 is 5.97 Å². The molecule has 0 amide bonds. The van der Waals surface area contributed by atoms with Crippen LogP contribution >= 0.6 is 11.6 Å². The van der Waals surface area contributed by atoms with Gasteiger partial charge in [0.2, 0.25) is 5.82 Å². The van der Waals surface area contributed by atoms with Crippen molar-refractivity contribution in [2.75, 3.05) is 0 Å². The van der Waals surface area contributed by atoms with Crippen LogP contribution in [0.1, 0.15) is 10.4 Å². The molecule has 0 saturated heterocycles. The molecule has 0 atom stereocenters. The first kappa shape index (κ1) is 13.3. The smallest absolute Gasteiger partial charge is 0.335 e. The predicted molar refractivity (Wildman–Crippen MR) is 77.1 cm³/mol. The minimum atomic E-state index is -0.983. The van der Waals surface area contributed by atoms with E-state index in [9.17, 15) is 4.79 Å². The molecule has 2 aromatic carbocycles. The minimum Gasteiger partial charge on any atom is -0.478 e. The molecule has 6 heteroatoms. The fraction of sp³-hybridized carbons (Fsp3) is 0. The first-order chi connectivity index (χ1) is 10.1. The number of aromatic carboxylic acids is 1. The van der Waals surface area contributed by atoms with E-state index >= 15 is 0 Å². The Bertz CT molecular complexity index is 797. The first-order valence-corrected chi connectivity index (χ1v) is 6.45. The molecular formula is C15H9ClN2O3. The maximum atomic E-state index is 10.8. The highest BCUT2D eigenvalue weighted by molar-refractivity contribution is 6.33. The Morgan fingerprint density at radius 3 is 2.48 bits per heavy atom. The van der Waals surface area contributed by atoms with Crippen LogP contribution in [-0.2, 0) is 0 Å². The van der Waals surface area contributed by atoms with Gasteiger partial charge in [-0.2, -0.15) is 4.98 Å². The van der Waals surface area contributed by atoms with Crippen molar-refractivity contribution in [1.29, 1.82) is 0 Å². The van der Waals surface area contributed by atoms with Gasteiger partial charge in [0.15, 0.2) is 0 Å². The number of carboxylic acids is 1. The summed E-state index contributed by atoms with van der Waals surface area (Å²) >= 11 is 6.08. The van der Waals surface area contributed by atoms with Crippen LogP contribution in [0.4, 0.5) is 0 Å². The average molecular weight is 301 g/mol. The summed E-state index contributed by atoms with van der Waals surface area (Å²) in [6.45, 7) is 0. The summed E-state index contributed by atoms with van der Waals surface area (Å²) in [5.41, 5.74) is 1.52. The molecule has 3 aromatic rings. The lowest BCUT2D eigenvalue weighted by Gasteiger charge is -1.97. The van der Waals surface area contributed by atoms with Gasteiger partial charge in [-0.1, -0.05) is 28.9 Å². The molecule has 0 aliphatic rings. The van der Waals surface area contributed by atoms with E-state index in [0.717, 1.165) is 0 Å². The van der Waals surface area contributed by atoms with Crippen molar-refractivity contribution in [3.8, 4) is 22.8 Å². The van der Waals surface area contributed by atoms with Crippen molar-refractivity contribution in [3.63, 3.8) is 0 Å². The van der Waals surface area contributed by atoms with E-state index in [2.05, 4.69) is 10.1 Å². The van der Waals surface area contributed by atoms with Crippen LogP contribution in [0.3, 0.4) is 0 Å². The Labute approximate surface area is 124 Å². The normalized spacial score (nSPS) is 10.5. The van der Waals surface area contributed by atoms with Crippen molar-refractivity contribution in [3.05, 3.63) is 59.1 Å². The van der Waals surface area contributed by atoms with Crippen molar-refractivity contribution in [2.45, 2.75) is 0 Å². The molecule has 0 spiro atoms. The summed E-state index contributed by atoms with van der Waals surface area (Å²) < 4.78 is 5.19. The van der Waals surface area contributed by atoms with Gasteiger partial charge in [0.25, 0.3) is 5.89 Å². The second-order valence-electron chi connectivity index (χ2n) is 4.29. The van der Waals surface area contributed by atoms with Crippen molar-refractivity contribution >= 4 is 17.6 Å². The summed E-state index contributed by atoms with van der Waals surface area (Å²) in [6, 6.07) is 13.4. The van der Waals surface area contributed by atoms with E-state index in [4.69, 9.17) is 21.2 Å². The third-order valence-corrected chi connectivity index (χ3v) is 3.25. The quantitative estimate of drug-likeness (QED) is 0.797. The Kier molecular flexibility index (Phi) is 3.41. The van der Waals surface area contributed by atoms with E-state index in [1.807, 2.05) is 12.1 Å². The zero-order chi connectivity index (χ0) is 14.8. The maximum absolute atomic E-state index is 10.8. The number of benzene rings is 2. The molecule has 21 heavy (non-hydrogen) atoms. The number of hydrogen-bond acceptors (Lipinski definition) is 4. The van der Waals surface area contributed by atoms with Crippen molar-refractivity contribution in [2.24, 2.45) is 0 Å². The monoisotopic (exact) mass is 300 g/mol. The highest BCUT2D eigenvalue weighted by atomic mass is 35.5. The van der Waals surface area contributed by atoms with Gasteiger partial charge in [-0.25, -0.2) is 4.79 Å². The van der Waals surface area contributed by atoms with E-state index in [-0.39, 0.29) is 5.56 Å². The third kappa shape index (κ3) is 2.64. The summed E-state index contributed by atoms with van der Waals surface area (Å²) in [6.07, 6.45) is 0. The first-order valence-electron chi connectivity index (χ1n) is 6.07. The van der Waals surface area contributed by atoms with Crippen LogP contribution in [0, 0.1) is 0 Å². The number of hydrogen-bond donors (Lipinski definition) is 1. The molecule has 0 saturated carbocycles. The molecule has 1 N–H and O–H groups in total.